The maximum Gasteiger partial charge on any atom is 0.319 e. The van der Waals surface area contributed by atoms with Gasteiger partial charge in [-0.1, -0.05) is 32.4 Å². The van der Waals surface area contributed by atoms with Crippen LogP contribution >= 0.6 is 0 Å². The molecule has 1 aromatic carbocycles. The smallest absolute Gasteiger partial charge is 0.319 e. The van der Waals surface area contributed by atoms with Gasteiger partial charge in [0.2, 0.25) is 0 Å². The molecular weight excluding hydrogens is 262 g/mol. The van der Waals surface area contributed by atoms with Crippen LogP contribution in [0.2, 0.25) is 0 Å². The van der Waals surface area contributed by atoms with Crippen molar-refractivity contribution in [1.29, 1.82) is 0 Å². The number of amides is 2. The van der Waals surface area contributed by atoms with Gasteiger partial charge in [-0.15, -0.1) is 0 Å². The average molecular weight is 289 g/mol. The first-order valence-electron chi connectivity index (χ1n) is 7.94. The highest BCUT2D eigenvalue weighted by Gasteiger charge is 2.32. The van der Waals surface area contributed by atoms with Crippen LogP contribution in [0.3, 0.4) is 0 Å². The number of carbonyl (C=O) groups excluding carboxylic acids is 1. The van der Waals surface area contributed by atoms with E-state index in [1.165, 1.54) is 12.8 Å². The molecule has 0 saturated heterocycles. The zero-order chi connectivity index (χ0) is 15.4. The molecule has 2 rings (SSSR count). The van der Waals surface area contributed by atoms with E-state index in [-0.39, 0.29) is 12.1 Å². The van der Waals surface area contributed by atoms with Crippen molar-refractivity contribution >= 4 is 11.7 Å². The summed E-state index contributed by atoms with van der Waals surface area (Å²) in [6.07, 6.45) is 3.49. The molecule has 4 N–H and O–H groups in total. The second-order valence-electron chi connectivity index (χ2n) is 6.22. The molecule has 0 aliphatic heterocycles. The van der Waals surface area contributed by atoms with Crippen molar-refractivity contribution in [3.63, 3.8) is 0 Å². The highest BCUT2D eigenvalue weighted by molar-refractivity contribution is 5.89. The molecule has 1 aliphatic rings. The van der Waals surface area contributed by atoms with E-state index in [0.29, 0.717) is 12.0 Å². The molecule has 1 aliphatic carbocycles. The van der Waals surface area contributed by atoms with Crippen LogP contribution in [0, 0.1) is 11.8 Å². The van der Waals surface area contributed by atoms with Gasteiger partial charge in [0.25, 0.3) is 0 Å². The van der Waals surface area contributed by atoms with Gasteiger partial charge in [-0.2, -0.15) is 0 Å². The molecule has 1 aromatic rings. The third-order valence-corrected chi connectivity index (χ3v) is 4.76. The molecule has 1 fully saturated rings. The Hall–Kier alpha value is -1.55. The van der Waals surface area contributed by atoms with Gasteiger partial charge >= 0.3 is 6.03 Å². The minimum atomic E-state index is -0.114. The van der Waals surface area contributed by atoms with Crippen molar-refractivity contribution in [2.75, 3.05) is 5.32 Å². The molecule has 0 radical (unpaired) electrons. The maximum absolute atomic E-state index is 12.1. The first-order valence-corrected chi connectivity index (χ1v) is 7.94. The zero-order valence-electron chi connectivity index (χ0n) is 13.2. The lowest BCUT2D eigenvalue weighted by Crippen LogP contribution is -2.40. The van der Waals surface area contributed by atoms with Gasteiger partial charge in [-0.05, 0) is 49.3 Å². The number of nitrogens with two attached hydrogens (primary N) is 1. The maximum atomic E-state index is 12.1. The highest BCUT2D eigenvalue weighted by atomic mass is 16.2. The van der Waals surface area contributed by atoms with E-state index in [9.17, 15) is 4.79 Å². The Morgan fingerprint density at radius 1 is 1.33 bits per heavy atom. The second-order valence-corrected chi connectivity index (χ2v) is 6.22. The number of rotatable bonds is 4. The summed E-state index contributed by atoms with van der Waals surface area (Å²) >= 11 is 0. The molecule has 4 atom stereocenters. The largest absolute Gasteiger partial charge is 0.335 e. The van der Waals surface area contributed by atoms with Crippen molar-refractivity contribution in [1.82, 2.24) is 5.32 Å². The number of hydrogen-bond donors (Lipinski definition) is 3. The molecule has 0 heterocycles. The average Bonchev–Trinajstić information content (AvgIpc) is 2.80. The predicted molar refractivity (Wildman–Crippen MR) is 87.2 cm³/mol. The summed E-state index contributed by atoms with van der Waals surface area (Å²) in [5, 5.41) is 6.00. The van der Waals surface area contributed by atoms with Crippen molar-refractivity contribution < 1.29 is 4.79 Å². The molecule has 0 aromatic heterocycles. The minimum Gasteiger partial charge on any atom is -0.335 e. The van der Waals surface area contributed by atoms with Gasteiger partial charge in [0.05, 0.1) is 0 Å². The van der Waals surface area contributed by atoms with E-state index in [0.717, 1.165) is 23.6 Å². The van der Waals surface area contributed by atoms with Crippen molar-refractivity contribution in [2.24, 2.45) is 17.6 Å². The van der Waals surface area contributed by atoms with Crippen LogP contribution in [-0.4, -0.2) is 12.1 Å². The van der Waals surface area contributed by atoms with Gasteiger partial charge in [0, 0.05) is 17.8 Å². The highest BCUT2D eigenvalue weighted by Crippen LogP contribution is 2.33. The minimum absolute atomic E-state index is 0.0122. The van der Waals surface area contributed by atoms with Crippen molar-refractivity contribution in [3.8, 4) is 0 Å². The Labute approximate surface area is 127 Å². The normalized spacial score (nSPS) is 26.4. The summed E-state index contributed by atoms with van der Waals surface area (Å²) in [5.74, 6) is 1.29. The molecule has 0 bridgehead atoms. The molecule has 0 spiro atoms. The third kappa shape index (κ3) is 3.97. The quantitative estimate of drug-likeness (QED) is 0.792. The Bertz CT molecular complexity index is 469. The number of hydrogen-bond acceptors (Lipinski definition) is 2. The van der Waals surface area contributed by atoms with Gasteiger partial charge in [-0.25, -0.2) is 4.79 Å². The first kappa shape index (κ1) is 15.8. The van der Waals surface area contributed by atoms with Crippen LogP contribution in [0.5, 0.6) is 0 Å². The predicted octanol–water partition coefficient (Wildman–Crippen LogP) is 3.65. The van der Waals surface area contributed by atoms with E-state index in [1.54, 1.807) is 0 Å². The summed E-state index contributed by atoms with van der Waals surface area (Å²) in [7, 11) is 0. The Balaban J connectivity index is 1.87. The van der Waals surface area contributed by atoms with Crippen LogP contribution in [0.1, 0.15) is 51.6 Å². The van der Waals surface area contributed by atoms with Crippen LogP contribution in [0.25, 0.3) is 0 Å². The lowest BCUT2D eigenvalue weighted by Gasteiger charge is -2.21. The summed E-state index contributed by atoms with van der Waals surface area (Å²) in [6, 6.07) is 7.88. The van der Waals surface area contributed by atoms with Crippen molar-refractivity contribution in [2.45, 2.75) is 52.1 Å². The lowest BCUT2D eigenvalue weighted by atomic mass is 9.94. The fourth-order valence-corrected chi connectivity index (χ4v) is 3.23. The number of carbonyl (C=O) groups is 1. The number of nitrogens with one attached hydrogen (secondary N) is 2. The molecule has 4 heteroatoms. The first-order chi connectivity index (χ1) is 10.0. The number of benzene rings is 1. The Morgan fingerprint density at radius 2 is 2.00 bits per heavy atom. The Kier molecular flexibility index (Phi) is 5.23. The summed E-state index contributed by atoms with van der Waals surface area (Å²) in [5.41, 5.74) is 7.68. The van der Waals surface area contributed by atoms with Gasteiger partial charge in [-0.3, -0.25) is 0 Å². The van der Waals surface area contributed by atoms with Crippen LogP contribution in [-0.2, 0) is 0 Å². The summed E-state index contributed by atoms with van der Waals surface area (Å²) < 4.78 is 0. The topological polar surface area (TPSA) is 67.2 Å². The standard InChI is InChI=1S/C17H27N3O/c1-4-13-7-10-16(11(13)2)20-17(21)19-15-8-5-14(6-9-15)12(3)18/h5-6,8-9,11-13,16H,4,7,10,18H2,1-3H3,(H2,19,20,21). The van der Waals surface area contributed by atoms with Gasteiger partial charge in [0.1, 0.15) is 0 Å². The molecule has 2 amide bonds. The number of urea groups is 1. The van der Waals surface area contributed by atoms with E-state index >= 15 is 0 Å². The molecule has 21 heavy (non-hydrogen) atoms. The van der Waals surface area contributed by atoms with Crippen molar-refractivity contribution in [3.05, 3.63) is 29.8 Å². The van der Waals surface area contributed by atoms with Gasteiger partial charge in [0.15, 0.2) is 0 Å². The van der Waals surface area contributed by atoms with E-state index in [1.807, 2.05) is 31.2 Å². The lowest BCUT2D eigenvalue weighted by molar-refractivity contribution is 0.243. The third-order valence-electron chi connectivity index (χ3n) is 4.76. The SMILES string of the molecule is CCC1CCC(NC(=O)Nc2ccc(C(C)N)cc2)C1C. The number of anilines is 1. The van der Waals surface area contributed by atoms with Gasteiger partial charge < -0.3 is 16.4 Å². The molecule has 1 saturated carbocycles. The van der Waals surface area contributed by atoms with Crippen LogP contribution in [0.4, 0.5) is 10.5 Å². The fraction of sp³-hybridized carbons (Fsp3) is 0.588. The van der Waals surface area contributed by atoms with Crippen LogP contribution < -0.4 is 16.4 Å². The van der Waals surface area contributed by atoms with E-state index in [4.69, 9.17) is 5.73 Å². The van der Waals surface area contributed by atoms with E-state index < -0.39 is 0 Å². The monoisotopic (exact) mass is 289 g/mol. The fourth-order valence-electron chi connectivity index (χ4n) is 3.23. The van der Waals surface area contributed by atoms with E-state index in [2.05, 4.69) is 24.5 Å². The van der Waals surface area contributed by atoms with Crippen LogP contribution in [0.15, 0.2) is 24.3 Å². The molecule has 4 unspecified atom stereocenters. The Morgan fingerprint density at radius 3 is 2.52 bits per heavy atom. The molecule has 4 nitrogen and oxygen atoms in total. The zero-order valence-corrected chi connectivity index (χ0v) is 13.2. The molecular formula is C17H27N3O. The summed E-state index contributed by atoms with van der Waals surface area (Å²) in [6.45, 7) is 6.41. The second kappa shape index (κ2) is 6.94. The molecule has 116 valence electrons. The summed E-state index contributed by atoms with van der Waals surface area (Å²) in [4.78, 5) is 12.1.